The van der Waals surface area contributed by atoms with Crippen molar-refractivity contribution in [3.63, 3.8) is 0 Å². The molecule has 0 radical (unpaired) electrons. The summed E-state index contributed by atoms with van der Waals surface area (Å²) < 4.78 is 0. The van der Waals surface area contributed by atoms with Gasteiger partial charge < -0.3 is 4.90 Å². The predicted molar refractivity (Wildman–Crippen MR) is 102 cm³/mol. The van der Waals surface area contributed by atoms with Gasteiger partial charge in [0.05, 0.1) is 23.5 Å². The minimum Gasteiger partial charge on any atom is -0.355 e. The molecule has 1 aromatic carbocycles. The first-order chi connectivity index (χ1) is 12.6. The Morgan fingerprint density at radius 1 is 1.31 bits per heavy atom. The van der Waals surface area contributed by atoms with Crippen LogP contribution in [0.2, 0.25) is 0 Å². The Hall–Kier alpha value is -2.94. The fraction of sp³-hybridized carbons (Fsp3) is 0.400. The number of fused-ring (bicyclic) bond motifs is 1. The molecule has 6 heteroatoms. The zero-order valence-electron chi connectivity index (χ0n) is 15.2. The number of anilines is 1. The van der Waals surface area contributed by atoms with Gasteiger partial charge in [-0.3, -0.25) is 5.10 Å². The summed E-state index contributed by atoms with van der Waals surface area (Å²) in [6, 6.07) is 9.59. The molecule has 1 aliphatic heterocycles. The molecule has 4 rings (SSSR count). The van der Waals surface area contributed by atoms with E-state index in [2.05, 4.69) is 40.0 Å². The van der Waals surface area contributed by atoms with Crippen LogP contribution in [-0.4, -0.2) is 33.3 Å². The van der Waals surface area contributed by atoms with E-state index in [9.17, 15) is 0 Å². The van der Waals surface area contributed by atoms with Gasteiger partial charge in [0, 0.05) is 18.7 Å². The number of nitriles is 1. The fourth-order valence-electron chi connectivity index (χ4n) is 3.51. The van der Waals surface area contributed by atoms with Crippen molar-refractivity contribution < 1.29 is 0 Å². The minimum atomic E-state index is 0.444. The largest absolute Gasteiger partial charge is 0.355 e. The van der Waals surface area contributed by atoms with E-state index in [4.69, 9.17) is 10.2 Å². The van der Waals surface area contributed by atoms with Crippen LogP contribution in [0.15, 0.2) is 30.5 Å². The first kappa shape index (κ1) is 16.5. The van der Waals surface area contributed by atoms with E-state index in [0.29, 0.717) is 16.6 Å². The van der Waals surface area contributed by atoms with Crippen LogP contribution in [0.25, 0.3) is 22.4 Å². The third-order valence-electron chi connectivity index (χ3n) is 5.68. The molecule has 2 aromatic heterocycles. The van der Waals surface area contributed by atoms with Crippen LogP contribution in [0.4, 0.5) is 5.82 Å². The highest BCUT2D eigenvalue weighted by Gasteiger charge is 2.29. The van der Waals surface area contributed by atoms with Crippen molar-refractivity contribution in [1.82, 2.24) is 20.2 Å². The maximum Gasteiger partial charge on any atom is 0.202 e. The zero-order valence-corrected chi connectivity index (χ0v) is 15.2. The molecule has 0 amide bonds. The first-order valence-corrected chi connectivity index (χ1v) is 9.08. The summed E-state index contributed by atoms with van der Waals surface area (Å²) in [5.74, 6) is 0.888. The van der Waals surface area contributed by atoms with Gasteiger partial charge in [-0.25, -0.2) is 9.97 Å². The normalized spacial score (nSPS) is 16.6. The highest BCUT2D eigenvalue weighted by molar-refractivity contribution is 5.88. The Morgan fingerprint density at radius 2 is 2.12 bits per heavy atom. The Morgan fingerprint density at radius 3 is 2.85 bits per heavy atom. The van der Waals surface area contributed by atoms with E-state index in [1.807, 2.05) is 24.4 Å². The summed E-state index contributed by atoms with van der Waals surface area (Å²) >= 11 is 0. The highest BCUT2D eigenvalue weighted by atomic mass is 15.2. The third kappa shape index (κ3) is 2.90. The van der Waals surface area contributed by atoms with Crippen molar-refractivity contribution >= 4 is 17.0 Å². The molecule has 1 aliphatic rings. The van der Waals surface area contributed by atoms with Gasteiger partial charge in [0.2, 0.25) is 5.65 Å². The number of benzene rings is 1. The molecule has 0 saturated carbocycles. The number of rotatable bonds is 3. The van der Waals surface area contributed by atoms with Crippen LogP contribution in [0, 0.1) is 16.7 Å². The second-order valence-electron chi connectivity index (χ2n) is 7.34. The van der Waals surface area contributed by atoms with Gasteiger partial charge in [0.15, 0.2) is 0 Å². The van der Waals surface area contributed by atoms with Gasteiger partial charge in [-0.2, -0.15) is 10.4 Å². The molecule has 3 heterocycles. The lowest BCUT2D eigenvalue weighted by Gasteiger charge is -2.39. The number of hydrogen-bond donors (Lipinski definition) is 1. The molecule has 3 aromatic rings. The summed E-state index contributed by atoms with van der Waals surface area (Å²) in [5.41, 5.74) is 4.10. The average Bonchev–Trinajstić information content (AvgIpc) is 3.12. The summed E-state index contributed by atoms with van der Waals surface area (Å²) in [6.45, 7) is 6.65. The predicted octanol–water partition coefficient (Wildman–Crippen LogP) is 3.91. The summed E-state index contributed by atoms with van der Waals surface area (Å²) in [5, 5.41) is 16.5. The molecule has 0 aliphatic carbocycles. The smallest absolute Gasteiger partial charge is 0.202 e. The quantitative estimate of drug-likeness (QED) is 0.777. The van der Waals surface area contributed by atoms with Crippen molar-refractivity contribution in [3.05, 3.63) is 36.0 Å². The topological polar surface area (TPSA) is 81.5 Å². The summed E-state index contributed by atoms with van der Waals surface area (Å²) in [7, 11) is 0. The maximum absolute atomic E-state index is 9.10. The lowest BCUT2D eigenvalue weighted by Crippen LogP contribution is -2.38. The van der Waals surface area contributed by atoms with Gasteiger partial charge in [-0.05, 0) is 30.4 Å². The van der Waals surface area contributed by atoms with E-state index in [0.717, 1.165) is 35.7 Å². The van der Waals surface area contributed by atoms with Gasteiger partial charge in [-0.1, -0.05) is 32.4 Å². The van der Waals surface area contributed by atoms with Crippen LogP contribution < -0.4 is 4.90 Å². The molecule has 0 atom stereocenters. The number of nitrogens with zero attached hydrogens (tertiary/aromatic N) is 5. The fourth-order valence-corrected chi connectivity index (χ4v) is 3.51. The van der Waals surface area contributed by atoms with E-state index < -0.39 is 0 Å². The van der Waals surface area contributed by atoms with Gasteiger partial charge in [0.1, 0.15) is 11.3 Å². The van der Waals surface area contributed by atoms with Gasteiger partial charge in [-0.15, -0.1) is 0 Å². The van der Waals surface area contributed by atoms with E-state index in [1.54, 1.807) is 6.07 Å². The Labute approximate surface area is 152 Å². The van der Waals surface area contributed by atoms with E-state index in [1.165, 1.54) is 19.3 Å². The second-order valence-corrected chi connectivity index (χ2v) is 7.34. The van der Waals surface area contributed by atoms with Crippen molar-refractivity contribution in [2.24, 2.45) is 5.41 Å². The summed E-state index contributed by atoms with van der Waals surface area (Å²) in [4.78, 5) is 11.6. The molecule has 1 saturated heterocycles. The molecule has 1 fully saturated rings. The van der Waals surface area contributed by atoms with Crippen LogP contribution in [-0.2, 0) is 0 Å². The lowest BCUT2D eigenvalue weighted by atomic mass is 9.78. The number of nitrogens with one attached hydrogen (secondary N) is 1. The number of hydrogen-bond acceptors (Lipinski definition) is 5. The molecule has 0 bridgehead atoms. The number of piperidine rings is 1. The SMILES string of the molecule is CCC1(C)CCN(c2cnc3c(-c4cccc(C#N)c4)[nH]nc3n2)CC1. The Kier molecular flexibility index (Phi) is 4.08. The zero-order chi connectivity index (χ0) is 18.1. The van der Waals surface area contributed by atoms with E-state index >= 15 is 0 Å². The number of aromatic nitrogens is 4. The summed E-state index contributed by atoms with van der Waals surface area (Å²) in [6.07, 6.45) is 5.41. The molecule has 26 heavy (non-hydrogen) atoms. The molecule has 0 spiro atoms. The number of H-pyrrole nitrogens is 1. The standard InChI is InChI=1S/C20H22N6/c1-3-20(2)7-9-26(10-8-20)16-13-22-18-17(24-25-19(18)23-16)15-6-4-5-14(11-15)12-21/h4-6,11,13H,3,7-10H2,1-2H3,(H,23,24,25). The molecule has 132 valence electrons. The lowest BCUT2D eigenvalue weighted by molar-refractivity contribution is 0.238. The second kappa shape index (κ2) is 6.41. The first-order valence-electron chi connectivity index (χ1n) is 9.08. The van der Waals surface area contributed by atoms with Gasteiger partial charge in [0.25, 0.3) is 0 Å². The van der Waals surface area contributed by atoms with Crippen LogP contribution in [0.1, 0.15) is 38.7 Å². The van der Waals surface area contributed by atoms with Crippen molar-refractivity contribution in [2.45, 2.75) is 33.1 Å². The Balaban J connectivity index is 1.63. The monoisotopic (exact) mass is 346 g/mol. The minimum absolute atomic E-state index is 0.444. The van der Waals surface area contributed by atoms with Crippen LogP contribution in [0.3, 0.4) is 0 Å². The van der Waals surface area contributed by atoms with Crippen molar-refractivity contribution in [3.8, 4) is 17.3 Å². The third-order valence-corrected chi connectivity index (χ3v) is 5.68. The molecule has 0 unspecified atom stereocenters. The molecule has 6 nitrogen and oxygen atoms in total. The van der Waals surface area contributed by atoms with Gasteiger partial charge >= 0.3 is 0 Å². The van der Waals surface area contributed by atoms with Crippen molar-refractivity contribution in [1.29, 1.82) is 5.26 Å². The highest BCUT2D eigenvalue weighted by Crippen LogP contribution is 2.35. The van der Waals surface area contributed by atoms with E-state index in [-0.39, 0.29) is 0 Å². The molecule has 1 N–H and O–H groups in total. The maximum atomic E-state index is 9.10. The molecular weight excluding hydrogens is 324 g/mol. The van der Waals surface area contributed by atoms with Crippen molar-refractivity contribution in [2.75, 3.05) is 18.0 Å². The average molecular weight is 346 g/mol. The van der Waals surface area contributed by atoms with Crippen LogP contribution in [0.5, 0.6) is 0 Å². The molecular formula is C20H22N6. The van der Waals surface area contributed by atoms with Crippen LogP contribution >= 0.6 is 0 Å². The number of aromatic amines is 1. The Bertz CT molecular complexity index is 975.